The third-order valence-corrected chi connectivity index (χ3v) is 6.06. The van der Waals surface area contributed by atoms with Gasteiger partial charge in [0, 0.05) is 5.92 Å². The second-order valence-electron chi connectivity index (χ2n) is 8.14. The minimum Gasteiger partial charge on any atom is -0.392 e. The summed E-state index contributed by atoms with van der Waals surface area (Å²) >= 11 is 0. The number of nitrogens with two attached hydrogens (primary N) is 1. The van der Waals surface area contributed by atoms with Crippen molar-refractivity contribution in [2.45, 2.75) is 89.8 Å². The normalized spacial score (nSPS) is 30.0. The number of hydrogen-bond donors (Lipinski definition) is 3. The molecule has 0 aromatic rings. The molecule has 0 heterocycles. The van der Waals surface area contributed by atoms with Crippen LogP contribution in [-0.2, 0) is 0 Å². The van der Waals surface area contributed by atoms with E-state index in [9.17, 15) is 10.2 Å². The zero-order valence-corrected chi connectivity index (χ0v) is 16.1. The minimum absolute atomic E-state index is 0.219. The fourth-order valence-corrected chi connectivity index (χ4v) is 4.60. The van der Waals surface area contributed by atoms with Crippen molar-refractivity contribution in [2.24, 2.45) is 23.5 Å². The van der Waals surface area contributed by atoms with Crippen molar-refractivity contribution < 1.29 is 10.2 Å². The van der Waals surface area contributed by atoms with Gasteiger partial charge in [-0.2, -0.15) is 0 Å². The van der Waals surface area contributed by atoms with Crippen LogP contribution in [0.25, 0.3) is 0 Å². The molecule has 0 aliphatic heterocycles. The van der Waals surface area contributed by atoms with Crippen molar-refractivity contribution >= 4 is 0 Å². The SMILES string of the molecule is CCCCC[C@H](O)/C=C/[C@@H]1[C@H]2CC(CCCCCCN)=C[C@H]2C[C@H]1O. The highest BCUT2D eigenvalue weighted by atomic mass is 16.3. The van der Waals surface area contributed by atoms with Crippen molar-refractivity contribution in [1.82, 2.24) is 0 Å². The number of aliphatic hydroxyl groups excluding tert-OH is 2. The molecule has 25 heavy (non-hydrogen) atoms. The summed E-state index contributed by atoms with van der Waals surface area (Å²) in [5.74, 6) is 1.31. The van der Waals surface area contributed by atoms with Gasteiger partial charge in [-0.3, -0.25) is 0 Å². The van der Waals surface area contributed by atoms with Crippen LogP contribution in [0, 0.1) is 17.8 Å². The average molecular weight is 350 g/mol. The highest BCUT2D eigenvalue weighted by Gasteiger charge is 2.43. The molecule has 1 fully saturated rings. The van der Waals surface area contributed by atoms with Gasteiger partial charge in [-0.25, -0.2) is 0 Å². The van der Waals surface area contributed by atoms with E-state index >= 15 is 0 Å². The number of hydrogen-bond acceptors (Lipinski definition) is 3. The van der Waals surface area contributed by atoms with E-state index < -0.39 is 0 Å². The Morgan fingerprint density at radius 2 is 2.00 bits per heavy atom. The molecule has 0 spiro atoms. The Labute approximate surface area is 154 Å². The molecular formula is C22H39NO2. The summed E-state index contributed by atoms with van der Waals surface area (Å²) in [6.45, 7) is 2.99. The fraction of sp³-hybridized carbons (Fsp3) is 0.818. The maximum absolute atomic E-state index is 10.4. The largest absolute Gasteiger partial charge is 0.392 e. The van der Waals surface area contributed by atoms with Gasteiger partial charge in [-0.15, -0.1) is 0 Å². The second kappa shape index (κ2) is 11.2. The lowest BCUT2D eigenvalue weighted by Gasteiger charge is -2.19. The van der Waals surface area contributed by atoms with Gasteiger partial charge >= 0.3 is 0 Å². The fourth-order valence-electron chi connectivity index (χ4n) is 4.60. The third kappa shape index (κ3) is 6.54. The van der Waals surface area contributed by atoms with Gasteiger partial charge in [-0.05, 0) is 56.9 Å². The van der Waals surface area contributed by atoms with Crippen LogP contribution in [0.5, 0.6) is 0 Å². The highest BCUT2D eigenvalue weighted by molar-refractivity contribution is 5.20. The Morgan fingerprint density at radius 1 is 1.20 bits per heavy atom. The molecule has 0 unspecified atom stereocenters. The van der Waals surface area contributed by atoms with Crippen LogP contribution in [-0.4, -0.2) is 29.0 Å². The van der Waals surface area contributed by atoms with E-state index in [1.807, 2.05) is 6.08 Å². The molecule has 144 valence electrons. The summed E-state index contributed by atoms with van der Waals surface area (Å²) in [7, 11) is 0. The first-order chi connectivity index (χ1) is 12.2. The van der Waals surface area contributed by atoms with Crippen molar-refractivity contribution in [2.75, 3.05) is 6.54 Å². The molecule has 4 N–H and O–H groups in total. The first-order valence-corrected chi connectivity index (χ1v) is 10.6. The zero-order valence-electron chi connectivity index (χ0n) is 16.1. The van der Waals surface area contributed by atoms with Crippen molar-refractivity contribution in [3.63, 3.8) is 0 Å². The van der Waals surface area contributed by atoms with Crippen LogP contribution < -0.4 is 5.73 Å². The summed E-state index contributed by atoms with van der Waals surface area (Å²) in [6, 6.07) is 0. The second-order valence-corrected chi connectivity index (χ2v) is 8.14. The number of unbranched alkanes of at least 4 members (excludes halogenated alkanes) is 5. The van der Waals surface area contributed by atoms with Crippen LogP contribution in [0.15, 0.2) is 23.8 Å². The Hall–Kier alpha value is -0.640. The number of fused-ring (bicyclic) bond motifs is 1. The van der Waals surface area contributed by atoms with Gasteiger partial charge in [0.2, 0.25) is 0 Å². The van der Waals surface area contributed by atoms with Crippen LogP contribution in [0.2, 0.25) is 0 Å². The summed E-state index contributed by atoms with van der Waals surface area (Å²) < 4.78 is 0. The Bertz CT molecular complexity index is 432. The molecule has 3 heteroatoms. The van der Waals surface area contributed by atoms with E-state index in [4.69, 9.17) is 5.73 Å². The molecule has 2 aliphatic rings. The maximum atomic E-state index is 10.4. The first-order valence-electron chi connectivity index (χ1n) is 10.6. The predicted molar refractivity (Wildman–Crippen MR) is 105 cm³/mol. The number of allylic oxidation sites excluding steroid dienone is 2. The molecule has 0 aromatic carbocycles. The molecule has 5 atom stereocenters. The van der Waals surface area contributed by atoms with Crippen molar-refractivity contribution in [3.05, 3.63) is 23.8 Å². The standard InChI is InChI=1S/C22H39NO2/c1-2-3-6-10-19(24)11-12-20-21-15-17(9-7-4-5-8-13-23)14-18(21)16-22(20)25/h11-12,14,18-22,24-25H,2-10,13,15-16,23H2,1H3/b12-11+/t18-,19-,20+,21-,22+/m0/s1. The van der Waals surface area contributed by atoms with Gasteiger partial charge in [0.15, 0.2) is 0 Å². The average Bonchev–Trinajstić information content (AvgIpc) is 3.09. The molecule has 2 rings (SSSR count). The van der Waals surface area contributed by atoms with E-state index in [1.165, 1.54) is 38.5 Å². The molecule has 1 saturated carbocycles. The Morgan fingerprint density at radius 3 is 2.76 bits per heavy atom. The van der Waals surface area contributed by atoms with E-state index in [0.717, 1.165) is 38.6 Å². The summed E-state index contributed by atoms with van der Waals surface area (Å²) in [4.78, 5) is 0. The number of aliphatic hydroxyl groups is 2. The highest BCUT2D eigenvalue weighted by Crippen LogP contribution is 2.48. The maximum Gasteiger partial charge on any atom is 0.0721 e. The molecular weight excluding hydrogens is 310 g/mol. The quantitative estimate of drug-likeness (QED) is 0.363. The minimum atomic E-state index is -0.353. The van der Waals surface area contributed by atoms with E-state index in [1.54, 1.807) is 5.57 Å². The van der Waals surface area contributed by atoms with Crippen LogP contribution >= 0.6 is 0 Å². The third-order valence-electron chi connectivity index (χ3n) is 6.06. The lowest BCUT2D eigenvalue weighted by molar-refractivity contribution is 0.139. The monoisotopic (exact) mass is 349 g/mol. The summed E-state index contributed by atoms with van der Waals surface area (Å²) in [5, 5.41) is 20.5. The number of rotatable bonds is 12. The smallest absolute Gasteiger partial charge is 0.0721 e. The summed E-state index contributed by atoms with van der Waals surface area (Å²) in [6.07, 6.45) is 18.4. The zero-order chi connectivity index (χ0) is 18.1. The first kappa shape index (κ1) is 20.7. The van der Waals surface area contributed by atoms with Gasteiger partial charge in [0.1, 0.15) is 0 Å². The van der Waals surface area contributed by atoms with E-state index in [0.29, 0.717) is 11.8 Å². The topological polar surface area (TPSA) is 66.5 Å². The molecule has 0 saturated heterocycles. The molecule has 0 radical (unpaired) electrons. The molecule has 0 bridgehead atoms. The predicted octanol–water partition coefficient (Wildman–Crippen LogP) is 4.34. The van der Waals surface area contributed by atoms with Gasteiger partial charge in [-0.1, -0.05) is 62.8 Å². The van der Waals surface area contributed by atoms with E-state index in [2.05, 4.69) is 19.1 Å². The van der Waals surface area contributed by atoms with Crippen molar-refractivity contribution in [1.29, 1.82) is 0 Å². The van der Waals surface area contributed by atoms with Gasteiger partial charge < -0.3 is 15.9 Å². The summed E-state index contributed by atoms with van der Waals surface area (Å²) in [5.41, 5.74) is 7.14. The lowest BCUT2D eigenvalue weighted by Crippen LogP contribution is -2.18. The molecule has 3 nitrogen and oxygen atoms in total. The van der Waals surface area contributed by atoms with Gasteiger partial charge in [0.05, 0.1) is 12.2 Å². The van der Waals surface area contributed by atoms with E-state index in [-0.39, 0.29) is 18.1 Å². The van der Waals surface area contributed by atoms with Crippen molar-refractivity contribution in [3.8, 4) is 0 Å². The van der Waals surface area contributed by atoms with Crippen LogP contribution in [0.1, 0.15) is 77.6 Å². The van der Waals surface area contributed by atoms with Crippen LogP contribution in [0.3, 0.4) is 0 Å². The Kier molecular flexibility index (Phi) is 9.22. The molecule has 0 amide bonds. The van der Waals surface area contributed by atoms with Gasteiger partial charge in [0.25, 0.3) is 0 Å². The molecule has 2 aliphatic carbocycles. The lowest BCUT2D eigenvalue weighted by atomic mass is 9.88. The Balaban J connectivity index is 1.76. The van der Waals surface area contributed by atoms with Crippen LogP contribution in [0.4, 0.5) is 0 Å². The molecule has 0 aromatic heterocycles.